The SMILES string of the molecule is COc1cccc(NC(=O)C2Sc3nnc(C)n3NC2c2ccc(C)cc2)c1. The number of nitrogens with one attached hydrogen (secondary N) is 2. The molecule has 0 fully saturated rings. The normalized spacial score (nSPS) is 18.1. The minimum Gasteiger partial charge on any atom is -0.497 e. The van der Waals surface area contributed by atoms with Crippen molar-refractivity contribution in [2.45, 2.75) is 30.3 Å². The van der Waals surface area contributed by atoms with E-state index in [4.69, 9.17) is 4.74 Å². The van der Waals surface area contributed by atoms with Crippen molar-refractivity contribution in [3.8, 4) is 5.75 Å². The number of hydrogen-bond donors (Lipinski definition) is 2. The van der Waals surface area contributed by atoms with Gasteiger partial charge in [-0.3, -0.25) is 4.79 Å². The zero-order chi connectivity index (χ0) is 19.7. The van der Waals surface area contributed by atoms with Crippen LogP contribution < -0.4 is 15.5 Å². The Bertz CT molecular complexity index is 1000. The molecule has 4 rings (SSSR count). The molecular formula is C20H21N5O2S. The maximum Gasteiger partial charge on any atom is 0.240 e. The molecule has 0 saturated heterocycles. The highest BCUT2D eigenvalue weighted by Gasteiger charge is 2.37. The summed E-state index contributed by atoms with van der Waals surface area (Å²) in [6, 6.07) is 15.3. The number of rotatable bonds is 4. The van der Waals surface area contributed by atoms with Gasteiger partial charge in [0.2, 0.25) is 11.1 Å². The molecule has 0 bridgehead atoms. The van der Waals surface area contributed by atoms with Gasteiger partial charge >= 0.3 is 0 Å². The van der Waals surface area contributed by atoms with Crippen LogP contribution in [0.4, 0.5) is 5.69 Å². The van der Waals surface area contributed by atoms with Crippen LogP contribution in [-0.2, 0) is 4.79 Å². The van der Waals surface area contributed by atoms with Crippen molar-refractivity contribution in [3.63, 3.8) is 0 Å². The topological polar surface area (TPSA) is 81.1 Å². The molecule has 0 radical (unpaired) electrons. The molecule has 1 aliphatic heterocycles. The van der Waals surface area contributed by atoms with Gasteiger partial charge in [0.25, 0.3) is 0 Å². The zero-order valence-electron chi connectivity index (χ0n) is 15.8. The Labute approximate surface area is 167 Å². The summed E-state index contributed by atoms with van der Waals surface area (Å²) >= 11 is 1.41. The summed E-state index contributed by atoms with van der Waals surface area (Å²) in [6.45, 7) is 3.93. The molecule has 3 aromatic rings. The summed E-state index contributed by atoms with van der Waals surface area (Å²) in [5.41, 5.74) is 6.30. The lowest BCUT2D eigenvalue weighted by atomic mass is 10.0. The van der Waals surface area contributed by atoms with E-state index in [1.54, 1.807) is 13.2 Å². The Morgan fingerprint density at radius 3 is 2.71 bits per heavy atom. The number of ether oxygens (including phenoxy) is 1. The second kappa shape index (κ2) is 7.55. The maximum atomic E-state index is 13.2. The van der Waals surface area contributed by atoms with Crippen LogP contribution in [0.15, 0.2) is 53.7 Å². The summed E-state index contributed by atoms with van der Waals surface area (Å²) in [5, 5.41) is 11.6. The first-order valence-electron chi connectivity index (χ1n) is 8.92. The van der Waals surface area contributed by atoms with Gasteiger partial charge in [0.1, 0.15) is 16.8 Å². The lowest BCUT2D eigenvalue weighted by Gasteiger charge is -2.32. The summed E-state index contributed by atoms with van der Waals surface area (Å²) in [5.74, 6) is 1.34. The highest BCUT2D eigenvalue weighted by molar-refractivity contribution is 8.00. The molecule has 2 N–H and O–H groups in total. The second-order valence-corrected chi connectivity index (χ2v) is 7.75. The number of carbonyl (C=O) groups is 1. The third kappa shape index (κ3) is 3.55. The Hall–Kier alpha value is -3.00. The predicted octanol–water partition coefficient (Wildman–Crippen LogP) is 3.30. The van der Waals surface area contributed by atoms with Gasteiger partial charge < -0.3 is 15.5 Å². The molecule has 1 aromatic heterocycles. The number of hydrogen-bond acceptors (Lipinski definition) is 6. The molecule has 1 amide bonds. The van der Waals surface area contributed by atoms with Crippen LogP contribution in [0.2, 0.25) is 0 Å². The van der Waals surface area contributed by atoms with E-state index in [1.165, 1.54) is 17.3 Å². The van der Waals surface area contributed by atoms with Crippen LogP contribution in [-0.4, -0.2) is 33.1 Å². The molecule has 7 nitrogen and oxygen atoms in total. The van der Waals surface area contributed by atoms with E-state index in [0.717, 1.165) is 11.4 Å². The second-order valence-electron chi connectivity index (χ2n) is 6.64. The number of aryl methyl sites for hydroxylation is 2. The summed E-state index contributed by atoms with van der Waals surface area (Å²) < 4.78 is 7.08. The van der Waals surface area contributed by atoms with Gasteiger partial charge in [0.15, 0.2) is 0 Å². The lowest BCUT2D eigenvalue weighted by molar-refractivity contribution is -0.116. The van der Waals surface area contributed by atoms with Crippen molar-refractivity contribution < 1.29 is 9.53 Å². The molecule has 144 valence electrons. The minimum atomic E-state index is -0.412. The highest BCUT2D eigenvalue weighted by atomic mass is 32.2. The van der Waals surface area contributed by atoms with Crippen LogP contribution in [0.1, 0.15) is 23.0 Å². The monoisotopic (exact) mass is 395 g/mol. The van der Waals surface area contributed by atoms with E-state index in [-0.39, 0.29) is 11.9 Å². The number of fused-ring (bicyclic) bond motifs is 1. The first-order chi connectivity index (χ1) is 13.5. The van der Waals surface area contributed by atoms with Crippen LogP contribution >= 0.6 is 11.8 Å². The molecule has 2 unspecified atom stereocenters. The first-order valence-corrected chi connectivity index (χ1v) is 9.80. The Morgan fingerprint density at radius 2 is 1.96 bits per heavy atom. The molecule has 2 atom stereocenters. The van der Waals surface area contributed by atoms with E-state index in [1.807, 2.05) is 61.0 Å². The van der Waals surface area contributed by atoms with Gasteiger partial charge in [0.05, 0.1) is 13.2 Å². The van der Waals surface area contributed by atoms with Crippen LogP contribution in [0, 0.1) is 13.8 Å². The molecule has 2 heterocycles. The first kappa shape index (κ1) is 18.4. The number of anilines is 1. The number of nitrogens with zero attached hydrogens (tertiary/aromatic N) is 3. The molecule has 0 aliphatic carbocycles. The van der Waals surface area contributed by atoms with E-state index < -0.39 is 5.25 Å². The number of methoxy groups -OCH3 is 1. The third-order valence-electron chi connectivity index (χ3n) is 4.63. The fourth-order valence-corrected chi connectivity index (χ4v) is 4.22. The largest absolute Gasteiger partial charge is 0.497 e. The fourth-order valence-electron chi connectivity index (χ4n) is 3.10. The van der Waals surface area contributed by atoms with Crippen molar-refractivity contribution in [1.82, 2.24) is 14.9 Å². The van der Waals surface area contributed by atoms with Crippen molar-refractivity contribution >= 4 is 23.4 Å². The highest BCUT2D eigenvalue weighted by Crippen LogP contribution is 2.37. The lowest BCUT2D eigenvalue weighted by Crippen LogP contribution is -2.41. The summed E-state index contributed by atoms with van der Waals surface area (Å²) in [6.07, 6.45) is 0. The van der Waals surface area contributed by atoms with Crippen molar-refractivity contribution in [2.75, 3.05) is 17.9 Å². The molecular weight excluding hydrogens is 374 g/mol. The number of thioether (sulfide) groups is 1. The zero-order valence-corrected chi connectivity index (χ0v) is 16.7. The molecule has 8 heteroatoms. The maximum absolute atomic E-state index is 13.2. The quantitative estimate of drug-likeness (QED) is 0.706. The number of amides is 1. The van der Waals surface area contributed by atoms with Gasteiger partial charge in [-0.05, 0) is 31.5 Å². The average molecular weight is 395 g/mol. The van der Waals surface area contributed by atoms with Crippen LogP contribution in [0.5, 0.6) is 5.75 Å². The van der Waals surface area contributed by atoms with Gasteiger partial charge in [0, 0.05) is 11.8 Å². The van der Waals surface area contributed by atoms with E-state index >= 15 is 0 Å². The standard InChI is InChI=1S/C20H21N5O2S/c1-12-7-9-14(10-8-12)17-18(28-20-23-22-13(2)25(20)24-17)19(26)21-15-5-4-6-16(11-15)27-3/h4-11,17-18,24H,1-3H3,(H,21,26). The van der Waals surface area contributed by atoms with Crippen LogP contribution in [0.25, 0.3) is 0 Å². The van der Waals surface area contributed by atoms with Crippen molar-refractivity contribution in [1.29, 1.82) is 0 Å². The van der Waals surface area contributed by atoms with Crippen molar-refractivity contribution in [3.05, 3.63) is 65.5 Å². The summed E-state index contributed by atoms with van der Waals surface area (Å²) in [4.78, 5) is 13.2. The smallest absolute Gasteiger partial charge is 0.240 e. The van der Waals surface area contributed by atoms with E-state index in [9.17, 15) is 4.79 Å². The predicted molar refractivity (Wildman–Crippen MR) is 109 cm³/mol. The van der Waals surface area contributed by atoms with E-state index in [2.05, 4.69) is 20.9 Å². The number of benzene rings is 2. The summed E-state index contributed by atoms with van der Waals surface area (Å²) in [7, 11) is 1.60. The number of carbonyl (C=O) groups excluding carboxylic acids is 1. The van der Waals surface area contributed by atoms with Gasteiger partial charge in [-0.25, -0.2) is 4.68 Å². The number of aromatic nitrogens is 3. The van der Waals surface area contributed by atoms with E-state index in [0.29, 0.717) is 16.6 Å². The van der Waals surface area contributed by atoms with Crippen molar-refractivity contribution in [2.24, 2.45) is 0 Å². The van der Waals surface area contributed by atoms with Crippen LogP contribution in [0.3, 0.4) is 0 Å². The molecule has 0 spiro atoms. The Balaban J connectivity index is 1.65. The minimum absolute atomic E-state index is 0.108. The molecule has 28 heavy (non-hydrogen) atoms. The molecule has 0 saturated carbocycles. The third-order valence-corrected chi connectivity index (χ3v) is 5.85. The van der Waals surface area contributed by atoms with Gasteiger partial charge in [-0.1, -0.05) is 47.7 Å². The molecule has 1 aliphatic rings. The molecule has 2 aromatic carbocycles. The Morgan fingerprint density at radius 1 is 1.18 bits per heavy atom. The Kier molecular flexibility index (Phi) is 4.95. The fraction of sp³-hybridized carbons (Fsp3) is 0.250. The van der Waals surface area contributed by atoms with Gasteiger partial charge in [-0.2, -0.15) is 0 Å². The average Bonchev–Trinajstić information content (AvgIpc) is 3.08. The van der Waals surface area contributed by atoms with Gasteiger partial charge in [-0.15, -0.1) is 10.2 Å².